The zero-order chi connectivity index (χ0) is 22.6. The molecule has 10 N–H and O–H groups in total. The maximum absolute atomic E-state index is 12.3. The van der Waals surface area contributed by atoms with Crippen LogP contribution in [0.25, 0.3) is 0 Å². The van der Waals surface area contributed by atoms with E-state index in [-0.39, 0.29) is 0 Å². The molecule has 0 bridgehead atoms. The minimum atomic E-state index is -1.62. The van der Waals surface area contributed by atoms with Crippen LogP contribution in [0.4, 0.5) is 0 Å². The quantitative estimate of drug-likeness (QED) is 0.129. The van der Waals surface area contributed by atoms with Crippen molar-refractivity contribution in [2.75, 3.05) is 13.2 Å². The van der Waals surface area contributed by atoms with Crippen LogP contribution in [0.15, 0.2) is 0 Å². The number of nitrogens with one attached hydrogen (secondary N) is 3. The Kier molecular flexibility index (Phi) is 12.1. The predicted octanol–water partition coefficient (Wildman–Crippen LogP) is -3.53. The molecule has 0 aliphatic carbocycles. The Morgan fingerprint density at radius 2 is 1.45 bits per heavy atom. The Labute approximate surface area is 167 Å². The first kappa shape index (κ1) is 26.2. The van der Waals surface area contributed by atoms with Crippen LogP contribution in [0.5, 0.6) is 0 Å². The molecule has 0 aromatic carbocycles. The number of hydrogen-bond donors (Lipinski definition) is 8. The molecule has 13 heteroatoms. The highest BCUT2D eigenvalue weighted by atomic mass is 16.4. The van der Waals surface area contributed by atoms with E-state index in [4.69, 9.17) is 21.7 Å². The average molecular weight is 419 g/mol. The van der Waals surface area contributed by atoms with Gasteiger partial charge in [0, 0.05) is 0 Å². The van der Waals surface area contributed by atoms with Crippen LogP contribution in [-0.4, -0.2) is 82.3 Å². The first-order valence-corrected chi connectivity index (χ1v) is 8.95. The Morgan fingerprint density at radius 3 is 1.93 bits per heavy atom. The van der Waals surface area contributed by atoms with Crippen molar-refractivity contribution in [2.45, 2.75) is 56.8 Å². The van der Waals surface area contributed by atoms with E-state index in [0.717, 1.165) is 6.92 Å². The third-order valence-corrected chi connectivity index (χ3v) is 3.86. The molecule has 0 spiro atoms. The first-order valence-electron chi connectivity index (χ1n) is 8.95. The molecule has 0 saturated carbocycles. The Hall–Kier alpha value is -2.77. The third-order valence-electron chi connectivity index (χ3n) is 3.86. The molecule has 3 amide bonds. The van der Waals surface area contributed by atoms with E-state index in [1.807, 2.05) is 5.32 Å². The highest BCUT2D eigenvalue weighted by Gasteiger charge is 2.30. The number of unbranched alkanes of at least 4 members (excludes halogenated alkanes) is 1. The summed E-state index contributed by atoms with van der Waals surface area (Å²) in [7, 11) is 0. The molecule has 0 aliphatic rings. The van der Waals surface area contributed by atoms with Crippen molar-refractivity contribution < 1.29 is 39.3 Å². The fraction of sp³-hybridized carbons (Fsp3) is 0.688. The van der Waals surface area contributed by atoms with Gasteiger partial charge in [0.2, 0.25) is 17.7 Å². The summed E-state index contributed by atoms with van der Waals surface area (Å²) in [4.78, 5) is 58.2. The van der Waals surface area contributed by atoms with Crippen LogP contribution in [0.3, 0.4) is 0 Å². The number of hydrogen-bond acceptors (Lipinski definition) is 8. The molecule has 0 radical (unpaired) electrons. The Morgan fingerprint density at radius 1 is 0.897 bits per heavy atom. The molecule has 0 aliphatic heterocycles. The van der Waals surface area contributed by atoms with Crippen molar-refractivity contribution in [3.63, 3.8) is 0 Å². The van der Waals surface area contributed by atoms with Gasteiger partial charge in [0.15, 0.2) is 0 Å². The van der Waals surface area contributed by atoms with Crippen molar-refractivity contribution >= 4 is 29.7 Å². The standard InChI is InChI=1S/C16H29N5O8/c1-8(16(28)29)19-14(26)10(6-12(23)24)20-15(27)11(7-22)21-13(25)9(18)4-2-3-5-17/h8-11,22H,2-7,17-18H2,1H3,(H,19,26)(H,20,27)(H,21,25)(H,23,24)(H,28,29). The second-order valence-corrected chi connectivity index (χ2v) is 6.36. The molecular weight excluding hydrogens is 390 g/mol. The van der Waals surface area contributed by atoms with Crippen LogP contribution in [0, 0.1) is 0 Å². The number of nitrogens with two attached hydrogens (primary N) is 2. The maximum atomic E-state index is 12.3. The van der Waals surface area contributed by atoms with Gasteiger partial charge in [-0.2, -0.15) is 0 Å². The van der Waals surface area contributed by atoms with Crippen molar-refractivity contribution in [3.05, 3.63) is 0 Å². The minimum absolute atomic E-state index is 0.305. The first-order chi connectivity index (χ1) is 13.5. The molecule has 0 saturated heterocycles. The van der Waals surface area contributed by atoms with Crippen molar-refractivity contribution in [3.8, 4) is 0 Å². The second-order valence-electron chi connectivity index (χ2n) is 6.36. The number of rotatable bonds is 14. The zero-order valence-electron chi connectivity index (χ0n) is 16.1. The van der Waals surface area contributed by atoms with Gasteiger partial charge in [-0.25, -0.2) is 0 Å². The maximum Gasteiger partial charge on any atom is 0.325 e. The number of carbonyl (C=O) groups is 5. The number of carbonyl (C=O) groups excluding carboxylic acids is 3. The summed E-state index contributed by atoms with van der Waals surface area (Å²) in [5.74, 6) is -5.57. The monoisotopic (exact) mass is 419 g/mol. The van der Waals surface area contributed by atoms with Gasteiger partial charge in [0.05, 0.1) is 19.1 Å². The van der Waals surface area contributed by atoms with E-state index in [1.54, 1.807) is 0 Å². The summed E-state index contributed by atoms with van der Waals surface area (Å²) < 4.78 is 0. The molecule has 29 heavy (non-hydrogen) atoms. The lowest BCUT2D eigenvalue weighted by atomic mass is 10.1. The summed E-state index contributed by atoms with van der Waals surface area (Å²) in [6, 6.07) is -5.37. The minimum Gasteiger partial charge on any atom is -0.481 e. The van der Waals surface area contributed by atoms with Gasteiger partial charge in [0.25, 0.3) is 0 Å². The molecule has 0 heterocycles. The van der Waals surface area contributed by atoms with Crippen molar-refractivity contribution in [1.29, 1.82) is 0 Å². The van der Waals surface area contributed by atoms with Gasteiger partial charge in [-0.15, -0.1) is 0 Å². The van der Waals surface area contributed by atoms with E-state index in [1.165, 1.54) is 0 Å². The lowest BCUT2D eigenvalue weighted by Crippen LogP contribution is -2.58. The van der Waals surface area contributed by atoms with E-state index < -0.39 is 66.9 Å². The molecule has 13 nitrogen and oxygen atoms in total. The number of aliphatic carboxylic acids is 2. The molecule has 0 fully saturated rings. The second kappa shape index (κ2) is 13.4. The molecule has 0 aromatic rings. The van der Waals surface area contributed by atoms with Gasteiger partial charge in [-0.3, -0.25) is 24.0 Å². The summed E-state index contributed by atoms with van der Waals surface area (Å²) in [5, 5.41) is 33.4. The molecular formula is C16H29N5O8. The molecule has 166 valence electrons. The number of aliphatic hydroxyl groups is 1. The summed E-state index contributed by atoms with van der Waals surface area (Å²) in [6.07, 6.45) is 0.712. The molecule has 0 rings (SSSR count). The smallest absolute Gasteiger partial charge is 0.325 e. The van der Waals surface area contributed by atoms with E-state index >= 15 is 0 Å². The fourth-order valence-corrected chi connectivity index (χ4v) is 2.14. The lowest BCUT2D eigenvalue weighted by molar-refractivity contribution is -0.143. The highest BCUT2D eigenvalue weighted by Crippen LogP contribution is 2.00. The number of carboxylic acid groups (broad SMARTS) is 2. The lowest BCUT2D eigenvalue weighted by Gasteiger charge is -2.23. The van der Waals surface area contributed by atoms with Crippen LogP contribution in [-0.2, 0) is 24.0 Å². The Balaban J connectivity index is 5.00. The van der Waals surface area contributed by atoms with E-state index in [9.17, 15) is 29.1 Å². The largest absolute Gasteiger partial charge is 0.481 e. The SMILES string of the molecule is CC(NC(=O)C(CC(=O)O)NC(=O)C(CO)NC(=O)C(N)CCCCN)C(=O)O. The Bertz CT molecular complexity index is 600. The highest BCUT2D eigenvalue weighted by molar-refractivity contribution is 5.95. The number of aliphatic hydroxyl groups excluding tert-OH is 1. The molecule has 4 atom stereocenters. The normalized spacial score (nSPS) is 14.8. The molecule has 0 aromatic heterocycles. The number of amides is 3. The summed E-state index contributed by atoms with van der Waals surface area (Å²) in [5.41, 5.74) is 11.0. The van der Waals surface area contributed by atoms with Gasteiger partial charge in [0.1, 0.15) is 18.1 Å². The van der Waals surface area contributed by atoms with Crippen molar-refractivity contribution in [1.82, 2.24) is 16.0 Å². The molecule has 4 unspecified atom stereocenters. The zero-order valence-corrected chi connectivity index (χ0v) is 16.1. The van der Waals surface area contributed by atoms with Crippen LogP contribution < -0.4 is 27.4 Å². The fourth-order valence-electron chi connectivity index (χ4n) is 2.14. The topological polar surface area (TPSA) is 234 Å². The third kappa shape index (κ3) is 10.4. The number of carboxylic acids is 2. The van der Waals surface area contributed by atoms with E-state index in [0.29, 0.717) is 25.8 Å². The van der Waals surface area contributed by atoms with Gasteiger partial charge >= 0.3 is 11.9 Å². The van der Waals surface area contributed by atoms with Gasteiger partial charge in [-0.1, -0.05) is 6.42 Å². The van der Waals surface area contributed by atoms with Crippen LogP contribution in [0.2, 0.25) is 0 Å². The predicted molar refractivity (Wildman–Crippen MR) is 99.3 cm³/mol. The van der Waals surface area contributed by atoms with Crippen LogP contribution in [0.1, 0.15) is 32.6 Å². The average Bonchev–Trinajstić information content (AvgIpc) is 2.64. The van der Waals surface area contributed by atoms with Gasteiger partial charge < -0.3 is 42.7 Å². The summed E-state index contributed by atoms with van der Waals surface area (Å²) >= 11 is 0. The van der Waals surface area contributed by atoms with Gasteiger partial charge in [-0.05, 0) is 26.3 Å². The van der Waals surface area contributed by atoms with Crippen LogP contribution >= 0.6 is 0 Å². The summed E-state index contributed by atoms with van der Waals surface area (Å²) in [6.45, 7) is 0.756. The van der Waals surface area contributed by atoms with Crippen molar-refractivity contribution in [2.24, 2.45) is 11.5 Å². The van der Waals surface area contributed by atoms with E-state index in [2.05, 4.69) is 10.6 Å².